The minimum absolute atomic E-state index is 0.00228. The lowest BCUT2D eigenvalue weighted by atomic mass is 9.84. The molecule has 0 spiro atoms. The minimum Gasteiger partial charge on any atom is -0.465 e. The first-order valence-electron chi connectivity index (χ1n) is 13.2. The molecule has 1 saturated carbocycles. The molecule has 35 heavy (non-hydrogen) atoms. The van der Waals surface area contributed by atoms with Gasteiger partial charge in [0.25, 0.3) is 0 Å². The zero-order valence-corrected chi connectivity index (χ0v) is 20.9. The molecule has 2 fully saturated rings. The van der Waals surface area contributed by atoms with E-state index in [1.54, 1.807) is 11.8 Å². The number of carbonyl (C=O) groups excluding carboxylic acids is 1. The number of anilines is 1. The molecule has 1 aliphatic carbocycles. The Morgan fingerprint density at radius 1 is 0.971 bits per heavy atom. The highest BCUT2D eigenvalue weighted by molar-refractivity contribution is 5.94. The maximum absolute atomic E-state index is 12.5. The van der Waals surface area contributed by atoms with E-state index in [0.29, 0.717) is 6.42 Å². The third-order valence-electron chi connectivity index (χ3n) is 8.16. The molecule has 2 aromatic rings. The van der Waals surface area contributed by atoms with Gasteiger partial charge in [0.05, 0.1) is 6.04 Å². The van der Waals surface area contributed by atoms with Crippen LogP contribution in [0.1, 0.15) is 76.0 Å². The Labute approximate surface area is 208 Å². The van der Waals surface area contributed by atoms with Crippen LogP contribution in [0, 0.1) is 0 Å². The fourth-order valence-corrected chi connectivity index (χ4v) is 6.14. The van der Waals surface area contributed by atoms with Crippen LogP contribution in [-0.4, -0.2) is 52.1 Å². The fraction of sp³-hybridized carbons (Fsp3) is 0.517. The van der Waals surface area contributed by atoms with Crippen molar-refractivity contribution in [2.75, 3.05) is 18.0 Å². The number of hydrogen-bond donors (Lipinski definition) is 1. The molecule has 3 aliphatic rings. The Hall–Kier alpha value is -2.86. The van der Waals surface area contributed by atoms with Crippen molar-refractivity contribution in [3.05, 3.63) is 53.6 Å². The van der Waals surface area contributed by atoms with Gasteiger partial charge in [0.15, 0.2) is 0 Å². The first-order valence-corrected chi connectivity index (χ1v) is 13.2. The number of piperidine rings is 1. The van der Waals surface area contributed by atoms with Crippen molar-refractivity contribution in [2.45, 2.75) is 83.5 Å². The third kappa shape index (κ3) is 4.81. The summed E-state index contributed by atoms with van der Waals surface area (Å²) in [5.41, 5.74) is 5.30. The van der Waals surface area contributed by atoms with Crippen molar-refractivity contribution in [2.24, 2.45) is 0 Å². The molecule has 0 aromatic heterocycles. The van der Waals surface area contributed by atoms with Gasteiger partial charge in [0.1, 0.15) is 0 Å². The quantitative estimate of drug-likeness (QED) is 0.571. The Balaban J connectivity index is 1.47. The number of amides is 2. The smallest absolute Gasteiger partial charge is 0.408 e. The van der Waals surface area contributed by atoms with E-state index >= 15 is 0 Å². The van der Waals surface area contributed by atoms with Crippen LogP contribution in [0.5, 0.6) is 0 Å². The Bertz CT molecular complexity index is 1070. The average molecular weight is 476 g/mol. The molecule has 1 saturated heterocycles. The van der Waals surface area contributed by atoms with E-state index in [2.05, 4.69) is 41.3 Å². The van der Waals surface area contributed by atoms with Crippen molar-refractivity contribution in [3.63, 3.8) is 0 Å². The molecule has 6 nitrogen and oxygen atoms in total. The molecule has 2 aromatic carbocycles. The lowest BCUT2D eigenvalue weighted by molar-refractivity contribution is -0.117. The number of benzene rings is 2. The molecular weight excluding hydrogens is 438 g/mol. The zero-order chi connectivity index (χ0) is 24.5. The first-order chi connectivity index (χ1) is 16.9. The van der Waals surface area contributed by atoms with Crippen molar-refractivity contribution in [3.8, 4) is 11.1 Å². The fourth-order valence-electron chi connectivity index (χ4n) is 6.14. The minimum atomic E-state index is -0.860. The predicted octanol–water partition coefficient (Wildman–Crippen LogP) is 6.06. The molecule has 2 atom stereocenters. The summed E-state index contributed by atoms with van der Waals surface area (Å²) in [5, 5.41) is 10.1. The Morgan fingerprint density at radius 2 is 1.66 bits per heavy atom. The standard InChI is InChI=1S/C29H37N3O3/c1-20-17-28(32(29(34)35)25-7-6-8-25)26-18-24(13-14-27(26)31(20)21(2)33)23-11-9-22(10-12-23)19-30-15-4-3-5-16-30/h9-14,18,20,25,28H,3-8,15-17,19H2,1-2H3,(H,34,35)/t20-,28+/m1/s1. The largest absolute Gasteiger partial charge is 0.465 e. The SMILES string of the molecule is CC(=O)N1c2ccc(-c3ccc(CN4CCCCC4)cc3)cc2[C@@H](N(C(=O)O)C2CCC2)C[C@H]1C. The highest BCUT2D eigenvalue weighted by Gasteiger charge is 2.41. The van der Waals surface area contributed by atoms with Gasteiger partial charge < -0.3 is 10.0 Å². The van der Waals surface area contributed by atoms with Crippen LogP contribution >= 0.6 is 0 Å². The molecule has 6 heteroatoms. The summed E-state index contributed by atoms with van der Waals surface area (Å²) >= 11 is 0. The maximum Gasteiger partial charge on any atom is 0.408 e. The van der Waals surface area contributed by atoms with Crippen LogP contribution in [0.15, 0.2) is 42.5 Å². The topological polar surface area (TPSA) is 64.1 Å². The Morgan fingerprint density at radius 3 is 2.26 bits per heavy atom. The van der Waals surface area contributed by atoms with Crippen LogP contribution in [0.25, 0.3) is 11.1 Å². The van der Waals surface area contributed by atoms with Gasteiger partial charge in [0, 0.05) is 31.2 Å². The van der Waals surface area contributed by atoms with Crippen LogP contribution in [0.2, 0.25) is 0 Å². The van der Waals surface area contributed by atoms with E-state index in [0.717, 1.165) is 48.2 Å². The number of rotatable bonds is 5. The number of likely N-dealkylation sites (tertiary alicyclic amines) is 1. The van der Waals surface area contributed by atoms with Crippen LogP contribution < -0.4 is 4.90 Å². The lowest BCUT2D eigenvalue weighted by Gasteiger charge is -2.47. The second-order valence-electron chi connectivity index (χ2n) is 10.6. The summed E-state index contributed by atoms with van der Waals surface area (Å²) in [6, 6.07) is 14.7. The average Bonchev–Trinajstić information content (AvgIpc) is 2.81. The highest BCUT2D eigenvalue weighted by Crippen LogP contribution is 2.45. The molecule has 2 amide bonds. The van der Waals surface area contributed by atoms with Gasteiger partial charge in [-0.15, -0.1) is 0 Å². The van der Waals surface area contributed by atoms with E-state index < -0.39 is 6.09 Å². The van der Waals surface area contributed by atoms with Gasteiger partial charge in [-0.05, 0) is 92.9 Å². The molecule has 5 rings (SSSR count). The zero-order valence-electron chi connectivity index (χ0n) is 20.9. The van der Waals surface area contributed by atoms with E-state index in [1.165, 1.54) is 37.9 Å². The van der Waals surface area contributed by atoms with Gasteiger partial charge in [-0.1, -0.05) is 36.8 Å². The second-order valence-corrected chi connectivity index (χ2v) is 10.6. The third-order valence-corrected chi connectivity index (χ3v) is 8.16. The van der Waals surface area contributed by atoms with Gasteiger partial charge >= 0.3 is 6.09 Å². The predicted molar refractivity (Wildman–Crippen MR) is 138 cm³/mol. The first kappa shape index (κ1) is 23.9. The van der Waals surface area contributed by atoms with Gasteiger partial charge in [-0.3, -0.25) is 14.6 Å². The van der Waals surface area contributed by atoms with E-state index in [9.17, 15) is 14.7 Å². The summed E-state index contributed by atoms with van der Waals surface area (Å²) < 4.78 is 0. The second kappa shape index (κ2) is 10.0. The number of hydrogen-bond acceptors (Lipinski definition) is 3. The number of nitrogens with zero attached hydrogens (tertiary/aromatic N) is 3. The van der Waals surface area contributed by atoms with E-state index in [1.807, 2.05) is 17.9 Å². The molecular formula is C29H37N3O3. The van der Waals surface area contributed by atoms with E-state index in [-0.39, 0.29) is 24.0 Å². The number of fused-ring (bicyclic) bond motifs is 1. The number of carboxylic acid groups (broad SMARTS) is 1. The highest BCUT2D eigenvalue weighted by atomic mass is 16.4. The number of carbonyl (C=O) groups is 2. The van der Waals surface area contributed by atoms with Crippen LogP contribution in [0.3, 0.4) is 0 Å². The van der Waals surface area contributed by atoms with Gasteiger partial charge in [-0.25, -0.2) is 4.79 Å². The molecule has 0 unspecified atom stereocenters. The monoisotopic (exact) mass is 475 g/mol. The summed E-state index contributed by atoms with van der Waals surface area (Å²) in [5.74, 6) is -0.00228. The van der Waals surface area contributed by atoms with Crippen LogP contribution in [-0.2, 0) is 11.3 Å². The normalized spacial score (nSPS) is 22.9. The molecule has 1 N–H and O–H groups in total. The molecule has 0 radical (unpaired) electrons. The molecule has 0 bridgehead atoms. The molecule has 2 aliphatic heterocycles. The maximum atomic E-state index is 12.5. The van der Waals surface area contributed by atoms with Crippen LogP contribution in [0.4, 0.5) is 10.5 Å². The van der Waals surface area contributed by atoms with Crippen molar-refractivity contribution in [1.82, 2.24) is 9.80 Å². The summed E-state index contributed by atoms with van der Waals surface area (Å²) in [6.45, 7) is 6.97. The van der Waals surface area contributed by atoms with Gasteiger partial charge in [-0.2, -0.15) is 0 Å². The summed E-state index contributed by atoms with van der Waals surface area (Å²) in [7, 11) is 0. The molecule has 2 heterocycles. The Kier molecular flexibility index (Phi) is 6.83. The van der Waals surface area contributed by atoms with E-state index in [4.69, 9.17) is 0 Å². The van der Waals surface area contributed by atoms with Crippen molar-refractivity contribution in [1.29, 1.82) is 0 Å². The van der Waals surface area contributed by atoms with Gasteiger partial charge in [0.2, 0.25) is 5.91 Å². The molecule has 186 valence electrons. The summed E-state index contributed by atoms with van der Waals surface area (Å²) in [4.78, 5) is 30.9. The summed E-state index contributed by atoms with van der Waals surface area (Å²) in [6.07, 6.45) is 6.59. The van der Waals surface area contributed by atoms with Crippen molar-refractivity contribution >= 4 is 17.7 Å². The van der Waals surface area contributed by atoms with Crippen molar-refractivity contribution < 1.29 is 14.7 Å². The lowest BCUT2D eigenvalue weighted by Crippen LogP contribution is -2.51.